The molecule has 0 aliphatic heterocycles. The maximum atomic E-state index is 11.3. The summed E-state index contributed by atoms with van der Waals surface area (Å²) in [5.74, 6) is 1.54. The van der Waals surface area contributed by atoms with Crippen molar-refractivity contribution in [3.63, 3.8) is 0 Å². The fourth-order valence-corrected chi connectivity index (χ4v) is 2.09. The molecule has 1 aliphatic rings. The summed E-state index contributed by atoms with van der Waals surface area (Å²) in [6.07, 6.45) is 2.47. The largest absolute Gasteiger partial charge is 0.497 e. The number of methoxy groups -OCH3 is 1. The first-order chi connectivity index (χ1) is 8.74. The molecular formula is C14H20N2O2. The molecule has 2 rings (SSSR count). The smallest absolute Gasteiger partial charge is 0.233 e. The van der Waals surface area contributed by atoms with Crippen LogP contribution in [0.2, 0.25) is 0 Å². The minimum Gasteiger partial charge on any atom is -0.497 e. The van der Waals surface area contributed by atoms with Crippen LogP contribution in [0.25, 0.3) is 0 Å². The van der Waals surface area contributed by atoms with E-state index in [0.29, 0.717) is 12.5 Å². The lowest BCUT2D eigenvalue weighted by atomic mass is 10.0. The number of carbonyl (C=O) groups excluding carboxylic acids is 1. The van der Waals surface area contributed by atoms with E-state index in [2.05, 4.69) is 22.8 Å². The molecule has 1 aromatic carbocycles. The zero-order chi connectivity index (χ0) is 13.0. The minimum atomic E-state index is 0.0224. The highest BCUT2D eigenvalue weighted by Crippen LogP contribution is 2.41. The first-order valence-electron chi connectivity index (χ1n) is 6.32. The molecule has 0 radical (unpaired) electrons. The summed E-state index contributed by atoms with van der Waals surface area (Å²) in [6.45, 7) is 0.365. The number of rotatable bonds is 6. The van der Waals surface area contributed by atoms with E-state index < -0.39 is 0 Å². The van der Waals surface area contributed by atoms with Gasteiger partial charge in [0.05, 0.1) is 13.7 Å². The van der Waals surface area contributed by atoms with Crippen molar-refractivity contribution < 1.29 is 9.53 Å². The molecule has 0 spiro atoms. The summed E-state index contributed by atoms with van der Waals surface area (Å²) in [5.41, 5.74) is 1.22. The van der Waals surface area contributed by atoms with Gasteiger partial charge >= 0.3 is 0 Å². The van der Waals surface area contributed by atoms with Crippen molar-refractivity contribution >= 4 is 5.91 Å². The van der Waals surface area contributed by atoms with E-state index in [4.69, 9.17) is 4.74 Å². The topological polar surface area (TPSA) is 50.4 Å². The maximum absolute atomic E-state index is 11.3. The zero-order valence-corrected chi connectivity index (χ0v) is 10.9. The first kappa shape index (κ1) is 12.9. The van der Waals surface area contributed by atoms with E-state index in [0.717, 1.165) is 5.75 Å². The number of amides is 1. The van der Waals surface area contributed by atoms with Crippen molar-refractivity contribution in [1.29, 1.82) is 0 Å². The number of benzene rings is 1. The van der Waals surface area contributed by atoms with Gasteiger partial charge in [0.25, 0.3) is 0 Å². The van der Waals surface area contributed by atoms with Gasteiger partial charge in [-0.3, -0.25) is 4.79 Å². The van der Waals surface area contributed by atoms with Gasteiger partial charge in [0.1, 0.15) is 5.75 Å². The van der Waals surface area contributed by atoms with Crippen LogP contribution in [0.1, 0.15) is 24.4 Å². The van der Waals surface area contributed by atoms with Gasteiger partial charge in [0.2, 0.25) is 5.91 Å². The Kier molecular flexibility index (Phi) is 4.20. The lowest BCUT2D eigenvalue weighted by molar-refractivity contribution is -0.119. The van der Waals surface area contributed by atoms with Gasteiger partial charge in [0.15, 0.2) is 0 Å². The number of carbonyl (C=O) groups is 1. The standard InChI is InChI=1S/C14H20N2O2/c1-15-13(17)9-16-14(10-3-4-10)11-5-7-12(18-2)8-6-11/h5-8,10,14,16H,3-4,9H2,1-2H3,(H,15,17). The average molecular weight is 248 g/mol. The molecular weight excluding hydrogens is 228 g/mol. The highest BCUT2D eigenvalue weighted by Gasteiger charge is 2.32. The third kappa shape index (κ3) is 3.23. The molecule has 1 unspecified atom stereocenters. The molecule has 1 fully saturated rings. The second kappa shape index (κ2) is 5.87. The van der Waals surface area contributed by atoms with Crippen LogP contribution < -0.4 is 15.4 Å². The molecule has 4 heteroatoms. The molecule has 0 heterocycles. The van der Waals surface area contributed by atoms with Crippen molar-refractivity contribution in [3.8, 4) is 5.75 Å². The Hall–Kier alpha value is -1.55. The number of likely N-dealkylation sites (N-methyl/N-ethyl adjacent to an activating group) is 1. The van der Waals surface area contributed by atoms with Crippen LogP contribution in [-0.2, 0) is 4.79 Å². The fraction of sp³-hybridized carbons (Fsp3) is 0.500. The zero-order valence-electron chi connectivity index (χ0n) is 10.9. The van der Waals surface area contributed by atoms with Crippen LogP contribution in [0.3, 0.4) is 0 Å². The van der Waals surface area contributed by atoms with E-state index in [-0.39, 0.29) is 11.9 Å². The third-order valence-electron chi connectivity index (χ3n) is 3.33. The Morgan fingerprint density at radius 2 is 2.06 bits per heavy atom. The molecule has 0 saturated heterocycles. The van der Waals surface area contributed by atoms with Crippen molar-refractivity contribution in [3.05, 3.63) is 29.8 Å². The maximum Gasteiger partial charge on any atom is 0.233 e. The van der Waals surface area contributed by atoms with Crippen molar-refractivity contribution in [2.24, 2.45) is 5.92 Å². The van der Waals surface area contributed by atoms with Gasteiger partial charge in [-0.25, -0.2) is 0 Å². The van der Waals surface area contributed by atoms with E-state index in [1.54, 1.807) is 14.2 Å². The highest BCUT2D eigenvalue weighted by atomic mass is 16.5. The molecule has 4 nitrogen and oxygen atoms in total. The van der Waals surface area contributed by atoms with Crippen molar-refractivity contribution in [2.45, 2.75) is 18.9 Å². The van der Waals surface area contributed by atoms with Crippen LogP contribution in [-0.4, -0.2) is 26.6 Å². The van der Waals surface area contributed by atoms with E-state index in [1.165, 1.54) is 18.4 Å². The summed E-state index contributed by atoms with van der Waals surface area (Å²) >= 11 is 0. The second-order valence-corrected chi connectivity index (χ2v) is 4.64. The first-order valence-corrected chi connectivity index (χ1v) is 6.32. The fourth-order valence-electron chi connectivity index (χ4n) is 2.09. The summed E-state index contributed by atoms with van der Waals surface area (Å²) in [6, 6.07) is 8.34. The minimum absolute atomic E-state index is 0.0224. The van der Waals surface area contributed by atoms with Crippen molar-refractivity contribution in [2.75, 3.05) is 20.7 Å². The van der Waals surface area contributed by atoms with Crippen LogP contribution in [0.5, 0.6) is 5.75 Å². The average Bonchev–Trinajstić information content (AvgIpc) is 3.24. The third-order valence-corrected chi connectivity index (χ3v) is 3.33. The number of hydrogen-bond acceptors (Lipinski definition) is 3. The lowest BCUT2D eigenvalue weighted by Crippen LogP contribution is -2.34. The van der Waals surface area contributed by atoms with Crippen molar-refractivity contribution in [1.82, 2.24) is 10.6 Å². The highest BCUT2D eigenvalue weighted by molar-refractivity contribution is 5.77. The molecule has 1 amide bonds. The van der Waals surface area contributed by atoms with E-state index in [1.807, 2.05) is 12.1 Å². The molecule has 98 valence electrons. The van der Waals surface area contributed by atoms with Gasteiger partial charge in [-0.15, -0.1) is 0 Å². The molecule has 1 atom stereocenters. The van der Waals surface area contributed by atoms with E-state index >= 15 is 0 Å². The Balaban J connectivity index is 2.02. The summed E-state index contributed by atoms with van der Waals surface area (Å²) < 4.78 is 5.16. The normalized spacial score (nSPS) is 16.1. The molecule has 2 N–H and O–H groups in total. The Bertz CT molecular complexity index is 399. The van der Waals surface area contributed by atoms with Crippen LogP contribution >= 0.6 is 0 Å². The predicted octanol–water partition coefficient (Wildman–Crippen LogP) is 1.48. The summed E-state index contributed by atoms with van der Waals surface area (Å²) in [4.78, 5) is 11.3. The Morgan fingerprint density at radius 1 is 1.39 bits per heavy atom. The van der Waals surface area contributed by atoms with Crippen LogP contribution in [0.4, 0.5) is 0 Å². The number of ether oxygens (including phenoxy) is 1. The molecule has 1 saturated carbocycles. The predicted molar refractivity (Wildman–Crippen MR) is 70.5 cm³/mol. The molecule has 0 bridgehead atoms. The van der Waals surface area contributed by atoms with Crippen LogP contribution in [0.15, 0.2) is 24.3 Å². The monoisotopic (exact) mass is 248 g/mol. The molecule has 0 aromatic heterocycles. The van der Waals surface area contributed by atoms with Crippen LogP contribution in [0, 0.1) is 5.92 Å². The van der Waals surface area contributed by atoms with Gasteiger partial charge in [-0.2, -0.15) is 0 Å². The number of nitrogens with one attached hydrogen (secondary N) is 2. The molecule has 1 aromatic rings. The summed E-state index contributed by atoms with van der Waals surface area (Å²) in [5, 5.41) is 5.96. The Labute approximate surface area is 108 Å². The second-order valence-electron chi connectivity index (χ2n) is 4.64. The lowest BCUT2D eigenvalue weighted by Gasteiger charge is -2.18. The quantitative estimate of drug-likeness (QED) is 0.802. The Morgan fingerprint density at radius 3 is 2.56 bits per heavy atom. The molecule has 18 heavy (non-hydrogen) atoms. The SMILES string of the molecule is CNC(=O)CNC(c1ccc(OC)cc1)C1CC1. The summed E-state index contributed by atoms with van der Waals surface area (Å²) in [7, 11) is 3.32. The number of hydrogen-bond donors (Lipinski definition) is 2. The van der Waals surface area contributed by atoms with Gasteiger partial charge in [0, 0.05) is 13.1 Å². The van der Waals surface area contributed by atoms with Gasteiger partial charge in [-0.1, -0.05) is 12.1 Å². The molecule has 1 aliphatic carbocycles. The van der Waals surface area contributed by atoms with Gasteiger partial charge in [-0.05, 0) is 36.5 Å². The van der Waals surface area contributed by atoms with E-state index in [9.17, 15) is 4.79 Å². The van der Waals surface area contributed by atoms with Gasteiger partial charge < -0.3 is 15.4 Å².